The van der Waals surface area contributed by atoms with Crippen molar-refractivity contribution in [3.8, 4) is 11.1 Å². The van der Waals surface area contributed by atoms with Gasteiger partial charge in [-0.1, -0.05) is 57.5 Å². The molecule has 4 N–H and O–H groups in total. The molecule has 0 spiro atoms. The lowest BCUT2D eigenvalue weighted by molar-refractivity contribution is -0.192. The Morgan fingerprint density at radius 2 is 1.51 bits per heavy atom. The van der Waals surface area contributed by atoms with E-state index in [2.05, 4.69) is 41.3 Å². The van der Waals surface area contributed by atoms with Crippen LogP contribution in [0.4, 0.5) is 22.0 Å². The van der Waals surface area contributed by atoms with Gasteiger partial charge in [-0.25, -0.2) is 13.6 Å². The van der Waals surface area contributed by atoms with E-state index in [4.69, 9.17) is 19.4 Å². The van der Waals surface area contributed by atoms with E-state index in [0.29, 0.717) is 89.7 Å². The van der Waals surface area contributed by atoms with Gasteiger partial charge in [-0.05, 0) is 73.5 Å². The summed E-state index contributed by atoms with van der Waals surface area (Å²) in [5.41, 5.74) is 2.14. The Hall–Kier alpha value is -5.64. The number of halogens is 5. The number of carbonyl (C=O) groups is 6. The first kappa shape index (κ1) is 57.9. The first-order valence-electron chi connectivity index (χ1n) is 23.5. The number of unbranched alkanes of at least 4 members (excludes halogenated alkanes) is 2. The van der Waals surface area contributed by atoms with E-state index < -0.39 is 35.2 Å². The van der Waals surface area contributed by atoms with Gasteiger partial charge in [0, 0.05) is 86.5 Å². The average Bonchev–Trinajstić information content (AvgIpc) is 4.06. The maximum absolute atomic E-state index is 15.2. The van der Waals surface area contributed by atoms with Gasteiger partial charge in [-0.3, -0.25) is 28.9 Å². The van der Waals surface area contributed by atoms with Crippen LogP contribution in [0.1, 0.15) is 76.6 Å². The molecule has 2 aromatic carbocycles. The van der Waals surface area contributed by atoms with Gasteiger partial charge in [-0.2, -0.15) is 24.9 Å². The molecule has 3 heterocycles. The number of hydrogen-bond donors (Lipinski definition) is 4. The predicted octanol–water partition coefficient (Wildman–Crippen LogP) is 6.51. The van der Waals surface area contributed by atoms with Gasteiger partial charge in [0.05, 0.1) is 38.2 Å². The van der Waals surface area contributed by atoms with Gasteiger partial charge < -0.3 is 40.0 Å². The quantitative estimate of drug-likeness (QED) is 0.0370. The molecule has 5 rings (SSSR count). The van der Waals surface area contributed by atoms with E-state index in [0.717, 1.165) is 49.3 Å². The monoisotopic (exact) mass is 1020 g/mol. The number of nitrogens with zero attached hydrogens (tertiary/aromatic N) is 3. The number of amides is 5. The van der Waals surface area contributed by atoms with Crippen molar-refractivity contribution in [2.45, 2.75) is 78.1 Å². The van der Waals surface area contributed by atoms with Gasteiger partial charge in [0.2, 0.25) is 17.7 Å². The molecule has 1 fully saturated rings. The van der Waals surface area contributed by atoms with Gasteiger partial charge >= 0.3 is 12.1 Å². The highest BCUT2D eigenvalue weighted by Gasteiger charge is 2.39. The summed E-state index contributed by atoms with van der Waals surface area (Å²) < 4.78 is 74.5. The van der Waals surface area contributed by atoms with Crippen molar-refractivity contribution < 1.29 is 65.3 Å². The maximum atomic E-state index is 15.2. The Morgan fingerprint density at radius 1 is 0.873 bits per heavy atom. The average molecular weight is 1020 g/mol. The zero-order valence-corrected chi connectivity index (χ0v) is 41.2. The second-order valence-corrected chi connectivity index (χ2v) is 19.2. The van der Waals surface area contributed by atoms with Crippen LogP contribution in [0.15, 0.2) is 72.9 Å². The number of aliphatic carboxylic acids is 1. The lowest BCUT2D eigenvalue weighted by atomic mass is 9.82. The van der Waals surface area contributed by atoms with Crippen molar-refractivity contribution in [3.05, 3.63) is 95.8 Å². The highest BCUT2D eigenvalue weighted by molar-refractivity contribution is 7.99. The van der Waals surface area contributed by atoms with Crippen LogP contribution in [0.25, 0.3) is 11.1 Å². The molecule has 0 aliphatic carbocycles. The van der Waals surface area contributed by atoms with E-state index >= 15 is 4.39 Å². The fraction of sp³-hybridized carbons (Fsp3) is 0.520. The van der Waals surface area contributed by atoms with Gasteiger partial charge in [0.15, 0.2) is 0 Å². The smallest absolute Gasteiger partial charge is 0.475 e. The van der Waals surface area contributed by atoms with Crippen molar-refractivity contribution in [1.82, 2.24) is 30.3 Å². The van der Waals surface area contributed by atoms with E-state index in [1.807, 2.05) is 47.5 Å². The van der Waals surface area contributed by atoms with Crippen molar-refractivity contribution in [2.75, 3.05) is 77.2 Å². The molecule has 15 nitrogen and oxygen atoms in total. The summed E-state index contributed by atoms with van der Waals surface area (Å²) >= 11 is 1.42. The van der Waals surface area contributed by atoms with Crippen molar-refractivity contribution in [2.24, 2.45) is 11.3 Å². The van der Waals surface area contributed by atoms with Gasteiger partial charge in [0.1, 0.15) is 11.6 Å². The summed E-state index contributed by atoms with van der Waals surface area (Å²) in [5.74, 6) is -3.76. The van der Waals surface area contributed by atoms with Crippen LogP contribution in [0.3, 0.4) is 0 Å². The van der Waals surface area contributed by atoms with Crippen LogP contribution in [-0.4, -0.2) is 138 Å². The molecule has 2 aliphatic rings. The summed E-state index contributed by atoms with van der Waals surface area (Å²) in [5, 5.41) is 16.2. The third kappa shape index (κ3) is 20.2. The highest BCUT2D eigenvalue weighted by Crippen LogP contribution is 2.42. The van der Waals surface area contributed by atoms with E-state index in [9.17, 15) is 41.5 Å². The minimum Gasteiger partial charge on any atom is -0.475 e. The fourth-order valence-electron chi connectivity index (χ4n) is 7.93. The molecule has 0 radical (unpaired) electrons. The molecule has 1 saturated heterocycles. The first-order chi connectivity index (χ1) is 33.7. The number of ether oxygens (including phenoxy) is 2. The standard InChI is InChI=1S/C48H64F2N6O7S.C2HF3O2/c1-48(2,3)47(41-28-37(39-29-38(49)13-14-40(39)50)33-54(41)31-35-10-6-4-7-11-35)56(32-36-17-19-51-30-36)46(61)34-64-27-18-43(58)53-21-24-63-26-25-62-23-20-52-42(57)12-8-5-9-22-55-44(59)15-16-45(55)60;3-2(4,5)1(6)7/h4,6-7,10-11,13-16,28-29,33,36,47,51H,5,8-9,12,17-27,30-32,34H2,1-3H3,(H,52,57)(H,53,58);(H,6,7)/t36?,47-;/m0./s1. The Bertz CT molecular complexity index is 2230. The van der Waals surface area contributed by atoms with Crippen LogP contribution >= 0.6 is 11.8 Å². The molecule has 21 heteroatoms. The zero-order chi connectivity index (χ0) is 52.0. The third-order valence-corrected chi connectivity index (χ3v) is 12.3. The summed E-state index contributed by atoms with van der Waals surface area (Å²) in [6.45, 7) is 11.4. The predicted molar refractivity (Wildman–Crippen MR) is 258 cm³/mol. The minimum absolute atomic E-state index is 0.0426. The number of rotatable bonds is 27. The number of carboxylic acid groups (broad SMARTS) is 1. The van der Waals surface area contributed by atoms with Gasteiger partial charge in [-0.15, -0.1) is 0 Å². The van der Waals surface area contributed by atoms with E-state index in [1.54, 1.807) is 0 Å². The molecule has 1 aromatic heterocycles. The summed E-state index contributed by atoms with van der Waals surface area (Å²) in [6, 6.07) is 14.9. The van der Waals surface area contributed by atoms with Crippen molar-refractivity contribution in [3.63, 3.8) is 0 Å². The molecule has 1 unspecified atom stereocenters. The first-order valence-corrected chi connectivity index (χ1v) is 24.7. The largest absolute Gasteiger partial charge is 0.490 e. The highest BCUT2D eigenvalue weighted by atomic mass is 32.2. The van der Waals surface area contributed by atoms with Crippen LogP contribution < -0.4 is 16.0 Å². The van der Waals surface area contributed by atoms with Crippen LogP contribution in [0.5, 0.6) is 0 Å². The van der Waals surface area contributed by atoms with Gasteiger partial charge in [0.25, 0.3) is 11.8 Å². The number of imide groups is 1. The number of carboxylic acids is 1. The fourth-order valence-corrected chi connectivity index (χ4v) is 8.74. The molecular weight excluding hydrogens is 956 g/mol. The van der Waals surface area contributed by atoms with Crippen LogP contribution in [-0.2, 0) is 44.8 Å². The second kappa shape index (κ2) is 29.0. The Morgan fingerprint density at radius 3 is 2.10 bits per heavy atom. The number of alkyl halides is 3. The van der Waals surface area contributed by atoms with E-state index in [1.165, 1.54) is 34.9 Å². The number of aromatic nitrogens is 1. The molecule has 390 valence electrons. The second-order valence-electron chi connectivity index (χ2n) is 18.1. The molecule has 2 atom stereocenters. The summed E-state index contributed by atoms with van der Waals surface area (Å²) in [7, 11) is 0. The molecule has 71 heavy (non-hydrogen) atoms. The number of carbonyl (C=O) groups excluding carboxylic acids is 5. The zero-order valence-electron chi connectivity index (χ0n) is 40.4. The Kier molecular flexibility index (Phi) is 23.7. The number of nitrogens with one attached hydrogen (secondary N) is 3. The molecule has 5 amide bonds. The minimum atomic E-state index is -5.08. The Balaban J connectivity index is 0.00000145. The number of benzene rings is 2. The molecule has 0 bridgehead atoms. The molecular formula is C50H65F5N6O9S. The maximum Gasteiger partial charge on any atom is 0.490 e. The summed E-state index contributed by atoms with van der Waals surface area (Å²) in [4.78, 5) is 74.3. The molecule has 0 saturated carbocycles. The van der Waals surface area contributed by atoms with E-state index in [-0.39, 0.29) is 53.2 Å². The topological polar surface area (TPSA) is 189 Å². The lowest BCUT2D eigenvalue weighted by Gasteiger charge is -2.42. The SMILES string of the molecule is CC(C)(C)[C@H](c1cc(-c2cc(F)ccc2F)cn1Cc1ccccc1)N(CC1CCNC1)C(=O)CSCCC(=O)NCCOCCOCCNC(=O)CCCCCN1C(=O)C=CC1=O.O=C(O)C(F)(F)F. The van der Waals surface area contributed by atoms with Crippen LogP contribution in [0.2, 0.25) is 0 Å². The lowest BCUT2D eigenvalue weighted by Crippen LogP contribution is -2.45. The van der Waals surface area contributed by atoms with Crippen molar-refractivity contribution >= 4 is 47.3 Å². The Labute approximate surface area is 415 Å². The molecule has 3 aromatic rings. The third-order valence-electron chi connectivity index (χ3n) is 11.4. The number of hydrogen-bond acceptors (Lipinski definition) is 10. The normalized spacial score (nSPS) is 15.1. The molecule has 2 aliphatic heterocycles. The summed E-state index contributed by atoms with van der Waals surface area (Å²) in [6.07, 6.45) is 2.89. The number of thioether (sulfide) groups is 1. The van der Waals surface area contributed by atoms with Crippen molar-refractivity contribution in [1.29, 1.82) is 0 Å². The van der Waals surface area contributed by atoms with Crippen LogP contribution in [0, 0.1) is 23.0 Å².